The highest BCUT2D eigenvalue weighted by atomic mass is 16.6. The highest BCUT2D eigenvalue weighted by Crippen LogP contribution is 2.35. The summed E-state index contributed by atoms with van der Waals surface area (Å²) in [6.45, 7) is 2.12. The van der Waals surface area contributed by atoms with E-state index >= 15 is 0 Å². The third-order valence-corrected chi connectivity index (χ3v) is 3.96. The summed E-state index contributed by atoms with van der Waals surface area (Å²) in [4.78, 5) is 23.2. The van der Waals surface area contributed by atoms with Crippen LogP contribution in [0.1, 0.15) is 49.4 Å². The Bertz CT molecular complexity index is 582. The van der Waals surface area contributed by atoms with Crippen LogP contribution < -0.4 is 14.8 Å². The molecule has 0 atom stereocenters. The van der Waals surface area contributed by atoms with Crippen LogP contribution in [0.3, 0.4) is 0 Å². The number of rotatable bonds is 6. The van der Waals surface area contributed by atoms with Crippen LogP contribution in [0.2, 0.25) is 0 Å². The summed E-state index contributed by atoms with van der Waals surface area (Å²) in [6.07, 6.45) is 5.13. The minimum atomic E-state index is -0.572. The molecule has 1 saturated carbocycles. The van der Waals surface area contributed by atoms with Crippen molar-refractivity contribution in [1.82, 2.24) is 5.32 Å². The highest BCUT2D eigenvalue weighted by molar-refractivity contribution is 5.99. The Kier molecular flexibility index (Phi) is 5.78. The van der Waals surface area contributed by atoms with E-state index in [-0.39, 0.29) is 23.0 Å². The van der Waals surface area contributed by atoms with Gasteiger partial charge in [0.1, 0.15) is 5.56 Å². The first-order valence-corrected chi connectivity index (χ1v) is 7.87. The van der Waals surface area contributed by atoms with E-state index in [1.807, 2.05) is 0 Å². The molecule has 0 bridgehead atoms. The van der Waals surface area contributed by atoms with Gasteiger partial charge in [-0.2, -0.15) is 0 Å². The lowest BCUT2D eigenvalue weighted by molar-refractivity contribution is -0.385. The summed E-state index contributed by atoms with van der Waals surface area (Å²) in [6, 6.07) is 2.70. The Morgan fingerprint density at radius 1 is 1.30 bits per heavy atom. The first-order chi connectivity index (χ1) is 11.1. The van der Waals surface area contributed by atoms with Crippen molar-refractivity contribution < 1.29 is 19.2 Å². The summed E-state index contributed by atoms with van der Waals surface area (Å²) in [5.74, 6) is 0.132. The first-order valence-electron chi connectivity index (χ1n) is 7.87. The van der Waals surface area contributed by atoms with Crippen LogP contribution >= 0.6 is 0 Å². The molecule has 0 saturated heterocycles. The summed E-state index contributed by atoms with van der Waals surface area (Å²) in [5.41, 5.74) is -0.275. The number of benzene rings is 1. The number of nitrogens with zero attached hydrogens (tertiary/aromatic N) is 1. The normalized spacial score (nSPS) is 15.0. The molecule has 1 aliphatic carbocycles. The maximum absolute atomic E-state index is 12.5. The van der Waals surface area contributed by atoms with E-state index in [1.165, 1.54) is 25.7 Å². The summed E-state index contributed by atoms with van der Waals surface area (Å²) >= 11 is 0. The summed E-state index contributed by atoms with van der Waals surface area (Å²) in [5, 5.41) is 14.2. The van der Waals surface area contributed by atoms with Crippen LogP contribution in [-0.4, -0.2) is 30.6 Å². The number of nitro benzene ring substituents is 1. The van der Waals surface area contributed by atoms with Crippen molar-refractivity contribution in [3.8, 4) is 11.5 Å². The third kappa shape index (κ3) is 4.12. The summed E-state index contributed by atoms with van der Waals surface area (Å²) in [7, 11) is 1.44. The van der Waals surface area contributed by atoms with Gasteiger partial charge in [0.15, 0.2) is 11.5 Å². The van der Waals surface area contributed by atoms with Crippen molar-refractivity contribution in [3.63, 3.8) is 0 Å². The maximum atomic E-state index is 12.5. The molecule has 7 heteroatoms. The highest BCUT2D eigenvalue weighted by Gasteiger charge is 2.26. The third-order valence-electron chi connectivity index (χ3n) is 3.96. The molecule has 0 aliphatic heterocycles. The van der Waals surface area contributed by atoms with Gasteiger partial charge in [0, 0.05) is 12.1 Å². The van der Waals surface area contributed by atoms with Gasteiger partial charge < -0.3 is 14.8 Å². The average molecular weight is 322 g/mol. The van der Waals surface area contributed by atoms with Gasteiger partial charge in [0.2, 0.25) is 0 Å². The number of hydrogen-bond acceptors (Lipinski definition) is 5. The molecule has 2 rings (SSSR count). The van der Waals surface area contributed by atoms with E-state index < -0.39 is 10.8 Å². The fourth-order valence-electron chi connectivity index (χ4n) is 2.82. The quantitative estimate of drug-likeness (QED) is 0.642. The van der Waals surface area contributed by atoms with E-state index in [2.05, 4.69) is 5.32 Å². The van der Waals surface area contributed by atoms with Gasteiger partial charge in [-0.1, -0.05) is 19.3 Å². The zero-order chi connectivity index (χ0) is 16.8. The minimum absolute atomic E-state index is 0.000812. The van der Waals surface area contributed by atoms with E-state index in [0.717, 1.165) is 25.7 Å². The van der Waals surface area contributed by atoms with E-state index in [0.29, 0.717) is 12.4 Å². The molecule has 1 aromatic carbocycles. The molecule has 1 fully saturated rings. The fourth-order valence-corrected chi connectivity index (χ4v) is 2.82. The number of nitro groups is 1. The molecular formula is C16H22N2O5. The van der Waals surface area contributed by atoms with Gasteiger partial charge in [0.25, 0.3) is 11.6 Å². The number of ether oxygens (including phenoxy) is 2. The van der Waals surface area contributed by atoms with Crippen molar-refractivity contribution >= 4 is 11.6 Å². The Morgan fingerprint density at radius 2 is 2.00 bits per heavy atom. The van der Waals surface area contributed by atoms with Gasteiger partial charge in [0.05, 0.1) is 24.7 Å². The number of nitrogens with one attached hydrogen (secondary N) is 1. The first kappa shape index (κ1) is 17.1. The Morgan fingerprint density at radius 3 is 2.57 bits per heavy atom. The fraction of sp³-hybridized carbons (Fsp3) is 0.562. The maximum Gasteiger partial charge on any atom is 0.286 e. The van der Waals surface area contributed by atoms with Gasteiger partial charge in [-0.25, -0.2) is 0 Å². The van der Waals surface area contributed by atoms with Crippen LogP contribution in [0.25, 0.3) is 0 Å². The molecular weight excluding hydrogens is 300 g/mol. The summed E-state index contributed by atoms with van der Waals surface area (Å²) < 4.78 is 10.5. The smallest absolute Gasteiger partial charge is 0.286 e. The van der Waals surface area contributed by atoms with Crippen LogP contribution in [0, 0.1) is 10.1 Å². The molecule has 0 unspecified atom stereocenters. The average Bonchev–Trinajstić information content (AvgIpc) is 2.55. The molecule has 0 heterocycles. The molecule has 0 radical (unpaired) electrons. The van der Waals surface area contributed by atoms with Gasteiger partial charge in [-0.05, 0) is 19.8 Å². The zero-order valence-electron chi connectivity index (χ0n) is 13.5. The minimum Gasteiger partial charge on any atom is -0.493 e. The van der Waals surface area contributed by atoms with Gasteiger partial charge >= 0.3 is 0 Å². The van der Waals surface area contributed by atoms with Crippen molar-refractivity contribution in [2.45, 2.75) is 45.1 Å². The lowest BCUT2D eigenvalue weighted by Crippen LogP contribution is -2.36. The number of carbonyl (C=O) groups excluding carboxylic acids is 1. The Balaban J connectivity index is 2.30. The molecule has 0 aromatic heterocycles. The molecule has 1 aliphatic rings. The Labute approximate surface area is 135 Å². The second kappa shape index (κ2) is 7.80. The largest absolute Gasteiger partial charge is 0.493 e. The van der Waals surface area contributed by atoms with Crippen LogP contribution in [0.5, 0.6) is 11.5 Å². The van der Waals surface area contributed by atoms with Gasteiger partial charge in [-0.15, -0.1) is 0 Å². The monoisotopic (exact) mass is 322 g/mol. The predicted octanol–water partition coefficient (Wildman–Crippen LogP) is 3.06. The van der Waals surface area contributed by atoms with Crippen LogP contribution in [-0.2, 0) is 0 Å². The Hall–Kier alpha value is -2.31. The number of amides is 1. The molecule has 0 spiro atoms. The van der Waals surface area contributed by atoms with Gasteiger partial charge in [-0.3, -0.25) is 14.9 Å². The topological polar surface area (TPSA) is 90.7 Å². The number of hydrogen-bond donors (Lipinski definition) is 1. The van der Waals surface area contributed by atoms with Crippen molar-refractivity contribution in [2.24, 2.45) is 0 Å². The van der Waals surface area contributed by atoms with E-state index in [4.69, 9.17) is 9.47 Å². The molecule has 126 valence electrons. The molecule has 1 aromatic rings. The molecule has 7 nitrogen and oxygen atoms in total. The number of methoxy groups -OCH3 is 1. The van der Waals surface area contributed by atoms with Crippen molar-refractivity contribution in [3.05, 3.63) is 27.8 Å². The van der Waals surface area contributed by atoms with Crippen molar-refractivity contribution in [1.29, 1.82) is 0 Å². The van der Waals surface area contributed by atoms with E-state index in [1.54, 1.807) is 6.92 Å². The predicted molar refractivity (Wildman–Crippen MR) is 85.2 cm³/mol. The molecule has 1 N–H and O–H groups in total. The van der Waals surface area contributed by atoms with Crippen molar-refractivity contribution in [2.75, 3.05) is 13.7 Å². The molecule has 23 heavy (non-hydrogen) atoms. The van der Waals surface area contributed by atoms with E-state index in [9.17, 15) is 14.9 Å². The standard InChI is InChI=1S/C16H22N2O5/c1-3-23-15-10-13(18(20)21)12(9-14(15)22-2)16(19)17-11-7-5-4-6-8-11/h9-11H,3-8H2,1-2H3,(H,17,19). The zero-order valence-corrected chi connectivity index (χ0v) is 13.5. The lowest BCUT2D eigenvalue weighted by Gasteiger charge is -2.22. The van der Waals surface area contributed by atoms with Crippen LogP contribution in [0.15, 0.2) is 12.1 Å². The SMILES string of the molecule is CCOc1cc([N+](=O)[O-])c(C(=O)NC2CCCCC2)cc1OC. The second-order valence-corrected chi connectivity index (χ2v) is 5.52. The van der Waals surface area contributed by atoms with Crippen LogP contribution in [0.4, 0.5) is 5.69 Å². The second-order valence-electron chi connectivity index (χ2n) is 5.52. The lowest BCUT2D eigenvalue weighted by atomic mass is 9.95. The molecule has 1 amide bonds. The number of carbonyl (C=O) groups is 1.